The van der Waals surface area contributed by atoms with E-state index in [1.54, 1.807) is 12.3 Å². The Morgan fingerprint density at radius 2 is 1.83 bits per heavy atom. The molecule has 0 atom stereocenters. The fourth-order valence-corrected chi connectivity index (χ4v) is 1.64. The molecule has 1 N–H and O–H groups in total. The summed E-state index contributed by atoms with van der Waals surface area (Å²) in [4.78, 5) is 3.92. The van der Waals surface area contributed by atoms with E-state index < -0.39 is 0 Å². The van der Waals surface area contributed by atoms with Crippen LogP contribution in [0.4, 0.5) is 5.82 Å². The second-order valence-corrected chi connectivity index (χ2v) is 4.58. The maximum atomic E-state index is 7.63. The first-order valence-electron chi connectivity index (χ1n) is 5.11. The van der Waals surface area contributed by atoms with Crippen LogP contribution >= 0.6 is 15.9 Å². The van der Waals surface area contributed by atoms with E-state index in [1.807, 2.05) is 31.2 Å². The number of nitrogens with one attached hydrogen (secondary N) is 1. The summed E-state index contributed by atoms with van der Waals surface area (Å²) in [7, 11) is 0. The van der Waals surface area contributed by atoms with Gasteiger partial charge in [-0.05, 0) is 30.9 Å². The van der Waals surface area contributed by atoms with Crippen LogP contribution in [-0.4, -0.2) is 4.98 Å². The van der Waals surface area contributed by atoms with Gasteiger partial charge in [0.1, 0.15) is 0 Å². The van der Waals surface area contributed by atoms with Crippen molar-refractivity contribution in [3.8, 4) is 11.8 Å². The number of rotatable bonds is 0. The molecule has 2 rings (SSSR count). The first kappa shape index (κ1) is 15.4. The van der Waals surface area contributed by atoms with E-state index >= 15 is 0 Å². The Balaban J connectivity index is 0.00000162. The normalized spacial score (nSPS) is 9.00. The molecule has 1 radical (unpaired) electrons. The molecular formula is C14H10BrN2Y-. The van der Waals surface area contributed by atoms with E-state index in [1.165, 1.54) is 5.56 Å². The van der Waals surface area contributed by atoms with Gasteiger partial charge in [-0.1, -0.05) is 51.7 Å². The molecule has 2 nitrogen and oxygen atoms in total. The summed E-state index contributed by atoms with van der Waals surface area (Å²) >= 11 is 3.32. The van der Waals surface area contributed by atoms with Crippen molar-refractivity contribution >= 4 is 21.7 Å². The Labute approximate surface area is 140 Å². The van der Waals surface area contributed by atoms with Crippen molar-refractivity contribution < 1.29 is 32.7 Å². The number of aryl methyl sites for hydroxylation is 1. The van der Waals surface area contributed by atoms with Crippen LogP contribution in [0.3, 0.4) is 0 Å². The van der Waals surface area contributed by atoms with Gasteiger partial charge in [0.2, 0.25) is 0 Å². The Hall–Kier alpha value is -0.686. The maximum Gasteiger partial charge on any atom is 0.0249 e. The molecule has 0 spiro atoms. The summed E-state index contributed by atoms with van der Waals surface area (Å²) in [6.45, 7) is 2.04. The largest absolute Gasteiger partial charge is 0.481 e. The van der Waals surface area contributed by atoms with Gasteiger partial charge in [-0.2, -0.15) is 0 Å². The van der Waals surface area contributed by atoms with Gasteiger partial charge >= 0.3 is 0 Å². The van der Waals surface area contributed by atoms with Gasteiger partial charge in [-0.15, -0.1) is 0 Å². The standard InChI is InChI=1S/C14H10BrN2.Y/c1-10-2-4-11(5-3-10)6-7-12-8-13(15)9-17-14(12)16;/h2-5,8-9H,1H3,(H-,16,17);/q-1;. The number of halogens is 1. The fraction of sp³-hybridized carbons (Fsp3) is 0.0714. The van der Waals surface area contributed by atoms with Gasteiger partial charge < -0.3 is 10.7 Å². The zero-order chi connectivity index (χ0) is 12.3. The number of benzene rings is 1. The Morgan fingerprint density at radius 1 is 1.17 bits per heavy atom. The first-order chi connectivity index (χ1) is 8.15. The van der Waals surface area contributed by atoms with Crippen molar-refractivity contribution in [1.29, 1.82) is 0 Å². The second-order valence-electron chi connectivity index (χ2n) is 3.67. The average molecular weight is 375 g/mol. The summed E-state index contributed by atoms with van der Waals surface area (Å²) in [6, 6.07) is 9.78. The minimum absolute atomic E-state index is 0. The van der Waals surface area contributed by atoms with Gasteiger partial charge in [-0.3, -0.25) is 0 Å². The molecule has 0 aliphatic rings. The van der Waals surface area contributed by atoms with E-state index in [0.29, 0.717) is 5.56 Å². The van der Waals surface area contributed by atoms with Crippen LogP contribution in [0.25, 0.3) is 5.73 Å². The van der Waals surface area contributed by atoms with Crippen LogP contribution < -0.4 is 0 Å². The number of nitrogens with zero attached hydrogens (tertiary/aromatic N) is 1. The van der Waals surface area contributed by atoms with Crippen molar-refractivity contribution in [2.45, 2.75) is 6.92 Å². The van der Waals surface area contributed by atoms with Gasteiger partial charge in [-0.25, -0.2) is 0 Å². The topological polar surface area (TPSA) is 36.7 Å². The molecule has 87 valence electrons. The average Bonchev–Trinajstić information content (AvgIpc) is 2.32. The molecule has 0 amide bonds. The molecule has 0 unspecified atom stereocenters. The van der Waals surface area contributed by atoms with E-state index in [4.69, 9.17) is 5.73 Å². The minimum atomic E-state index is 0. The zero-order valence-electron chi connectivity index (χ0n) is 9.87. The van der Waals surface area contributed by atoms with Crippen LogP contribution in [0.2, 0.25) is 0 Å². The molecule has 0 aliphatic heterocycles. The molecular weight excluding hydrogens is 365 g/mol. The van der Waals surface area contributed by atoms with Gasteiger partial charge in [0.05, 0.1) is 0 Å². The Morgan fingerprint density at radius 3 is 2.50 bits per heavy atom. The van der Waals surface area contributed by atoms with Gasteiger partial charge in [0.25, 0.3) is 0 Å². The number of aromatic nitrogens is 1. The van der Waals surface area contributed by atoms with Crippen LogP contribution in [0.5, 0.6) is 0 Å². The molecule has 2 aromatic rings. The third-order valence-electron chi connectivity index (χ3n) is 2.25. The molecule has 0 fully saturated rings. The summed E-state index contributed by atoms with van der Waals surface area (Å²) in [5.74, 6) is 6.19. The van der Waals surface area contributed by atoms with Crippen LogP contribution in [0.1, 0.15) is 16.7 Å². The second kappa shape index (κ2) is 7.04. The molecule has 0 aliphatic carbocycles. The van der Waals surface area contributed by atoms with Crippen molar-refractivity contribution in [3.05, 3.63) is 63.4 Å². The van der Waals surface area contributed by atoms with E-state index in [2.05, 4.69) is 32.8 Å². The Bertz CT molecular complexity index is 597. The summed E-state index contributed by atoms with van der Waals surface area (Å²) in [6.07, 6.45) is 1.60. The number of pyridine rings is 1. The molecule has 18 heavy (non-hydrogen) atoms. The fourth-order valence-electron chi connectivity index (χ4n) is 1.31. The molecule has 1 aromatic heterocycles. The molecule has 0 saturated carbocycles. The monoisotopic (exact) mass is 374 g/mol. The third-order valence-corrected chi connectivity index (χ3v) is 2.68. The molecule has 0 saturated heterocycles. The summed E-state index contributed by atoms with van der Waals surface area (Å²) < 4.78 is 0.835. The van der Waals surface area contributed by atoms with Crippen LogP contribution in [0.15, 0.2) is 41.0 Å². The van der Waals surface area contributed by atoms with Crippen LogP contribution in [-0.2, 0) is 32.7 Å². The SMILES string of the molecule is Cc1ccc(C#Cc2cc(Br)cnc2[NH-])cc1.[Y]. The predicted octanol–water partition coefficient (Wildman–Crippen LogP) is 4.23. The molecule has 1 heterocycles. The zero-order valence-corrected chi connectivity index (χ0v) is 14.3. The van der Waals surface area contributed by atoms with E-state index in [-0.39, 0.29) is 38.5 Å². The van der Waals surface area contributed by atoms with E-state index in [9.17, 15) is 0 Å². The maximum absolute atomic E-state index is 7.63. The molecule has 0 bridgehead atoms. The quantitative estimate of drug-likeness (QED) is 0.635. The number of hydrogen-bond acceptors (Lipinski definition) is 1. The molecule has 1 aromatic carbocycles. The first-order valence-corrected chi connectivity index (χ1v) is 5.90. The Kier molecular flexibility index (Phi) is 6.01. The van der Waals surface area contributed by atoms with Crippen LogP contribution in [0, 0.1) is 18.8 Å². The minimum Gasteiger partial charge on any atom is -0.481 e. The van der Waals surface area contributed by atoms with Crippen molar-refractivity contribution in [3.63, 3.8) is 0 Å². The van der Waals surface area contributed by atoms with Gasteiger partial charge in [0, 0.05) is 48.3 Å². The van der Waals surface area contributed by atoms with Crippen molar-refractivity contribution in [1.82, 2.24) is 4.98 Å². The van der Waals surface area contributed by atoms with Crippen molar-refractivity contribution in [2.75, 3.05) is 0 Å². The smallest absolute Gasteiger partial charge is 0.0249 e. The summed E-state index contributed by atoms with van der Waals surface area (Å²) in [5.41, 5.74) is 10.4. The number of hydrogen-bond donors (Lipinski definition) is 0. The van der Waals surface area contributed by atoms with Gasteiger partial charge in [0.15, 0.2) is 0 Å². The predicted molar refractivity (Wildman–Crippen MR) is 73.1 cm³/mol. The third kappa shape index (κ3) is 4.21. The molecule has 4 heteroatoms. The van der Waals surface area contributed by atoms with Crippen molar-refractivity contribution in [2.24, 2.45) is 0 Å². The summed E-state index contributed by atoms with van der Waals surface area (Å²) in [5, 5.41) is 0. The van der Waals surface area contributed by atoms with E-state index in [0.717, 1.165) is 10.0 Å².